The van der Waals surface area contributed by atoms with Crippen LogP contribution in [-0.4, -0.2) is 56.5 Å². The van der Waals surface area contributed by atoms with Gasteiger partial charge in [-0.2, -0.15) is 0 Å². The number of aliphatic hydroxyl groups is 2. The molecule has 0 amide bonds. The predicted octanol–water partition coefficient (Wildman–Crippen LogP) is 7.54. The van der Waals surface area contributed by atoms with E-state index >= 15 is 0 Å². The summed E-state index contributed by atoms with van der Waals surface area (Å²) in [5.41, 5.74) is 18.9. The fraction of sp³-hybridized carbons (Fsp3) is 0.451. The molecule has 8 bridgehead atoms. The lowest BCUT2D eigenvalue weighted by molar-refractivity contribution is -0.307. The summed E-state index contributed by atoms with van der Waals surface area (Å²) >= 11 is 0. The topological polar surface area (TPSA) is 195 Å². The minimum absolute atomic E-state index is 0.00201. The van der Waals surface area contributed by atoms with Crippen LogP contribution in [0.4, 0.5) is 0 Å². The van der Waals surface area contributed by atoms with E-state index in [1.54, 1.807) is 64.2 Å². The van der Waals surface area contributed by atoms with Crippen LogP contribution in [0.3, 0.4) is 0 Å². The summed E-state index contributed by atoms with van der Waals surface area (Å²) in [5, 5.41) is 58.5. The van der Waals surface area contributed by atoms with E-state index in [2.05, 4.69) is 29.0 Å². The van der Waals surface area contributed by atoms with Gasteiger partial charge in [0.25, 0.3) is 0 Å². The van der Waals surface area contributed by atoms with Crippen molar-refractivity contribution in [1.29, 1.82) is 0 Å². The van der Waals surface area contributed by atoms with Gasteiger partial charge in [0.15, 0.2) is 17.3 Å². The maximum Gasteiger partial charge on any atom is 0.161 e. The average molecular weight is 889 g/mol. The Balaban J connectivity index is 1.18. The predicted molar refractivity (Wildman–Crippen MR) is 249 cm³/mol. The van der Waals surface area contributed by atoms with Crippen molar-refractivity contribution >= 4 is 33.1 Å². The lowest BCUT2D eigenvalue weighted by Gasteiger charge is -2.44. The molecule has 2 fully saturated rings. The van der Waals surface area contributed by atoms with E-state index < -0.39 is 18.2 Å². The van der Waals surface area contributed by atoms with Gasteiger partial charge < -0.3 is 41.7 Å². The maximum absolute atomic E-state index is 14.2. The van der Waals surface area contributed by atoms with E-state index in [1.807, 2.05) is 25.1 Å². The number of aryl methyl sites for hydroxylation is 1. The van der Waals surface area contributed by atoms with Gasteiger partial charge in [0.2, 0.25) is 0 Å². The first-order valence-corrected chi connectivity index (χ1v) is 24.7. The molecule has 3 aromatic carbocycles. The standard InChI is InChI=1S/C51H59N3O7S2/c1-31(55)4-2-6-36-14-18-51-29-50(36,27-48(51)60)19-15-37(56)11-8-32-10-13-45(58)47(23-32)61-21-17-33-9-12-44(57)42(22-33)41-26-46(59)38-16-20-54-43(38)7-3-5-34-24-40(49(52)53)35(25-39(34)41)28-62-63-30-51/h9-10,12-13,15-16,19-20,22-25,31,36,41,48-49,55,57-60H,2,4,6-8,11,14,17-18,21,26-30,52-53H2,1H3/p-1. The van der Waals surface area contributed by atoms with E-state index in [0.717, 1.165) is 65.7 Å². The number of nitrogens with two attached hydrogens (primary N) is 2. The summed E-state index contributed by atoms with van der Waals surface area (Å²) in [6.07, 6.45) is 12.8. The van der Waals surface area contributed by atoms with Crippen molar-refractivity contribution in [3.63, 3.8) is 0 Å². The summed E-state index contributed by atoms with van der Waals surface area (Å²) in [4.78, 5) is 18.0. The molecule has 12 heteroatoms. The zero-order chi connectivity index (χ0) is 44.3. The summed E-state index contributed by atoms with van der Waals surface area (Å²) in [5.74, 6) is 7.87. The van der Waals surface area contributed by atoms with Gasteiger partial charge in [0.05, 0.1) is 37.1 Å². The third kappa shape index (κ3) is 9.95. The molecule has 8 rings (SSSR count). The van der Waals surface area contributed by atoms with Gasteiger partial charge >= 0.3 is 0 Å². The Morgan fingerprint density at radius 3 is 2.63 bits per heavy atom. The number of aromatic hydroxyl groups is 2. The lowest BCUT2D eigenvalue weighted by atomic mass is 9.62. The number of phenolic OH excluding ortho intramolecular Hbond substituents is 2. The molecule has 8 N–H and O–H groups in total. The van der Waals surface area contributed by atoms with Crippen molar-refractivity contribution in [1.82, 2.24) is 0 Å². The Kier molecular flexibility index (Phi) is 13.8. The highest BCUT2D eigenvalue weighted by Gasteiger charge is 2.58. The average Bonchev–Trinajstić information content (AvgIpc) is 3.82. The normalized spacial score (nSPS) is 26.7. The molecule has 2 heterocycles. The fourth-order valence-corrected chi connectivity index (χ4v) is 13.3. The number of phenols is 2. The SMILES string of the molecule is CC(O)CCCC1CCC23CSSCc4cc5c(cc4C(N)N)C#CCC4=NC=CC4=C([O-])CC5c4cc(ccc4O)CCOc4cc(ccc4O)CCC(=O)C=CC1(CC2O)C3. The summed E-state index contributed by atoms with van der Waals surface area (Å²) in [6, 6.07) is 14.6. The molecule has 332 valence electrons. The van der Waals surface area contributed by atoms with Crippen LogP contribution in [0.15, 0.2) is 89.3 Å². The van der Waals surface area contributed by atoms with E-state index in [4.69, 9.17) is 16.2 Å². The number of benzene rings is 3. The van der Waals surface area contributed by atoms with Gasteiger partial charge in [-0.05, 0) is 139 Å². The first kappa shape index (κ1) is 45.1. The molecule has 0 spiro atoms. The van der Waals surface area contributed by atoms with Crippen LogP contribution in [0.1, 0.15) is 122 Å². The highest BCUT2D eigenvalue weighted by Crippen LogP contribution is 2.64. The zero-order valence-electron chi connectivity index (χ0n) is 35.9. The number of rotatable bonds is 5. The second-order valence-corrected chi connectivity index (χ2v) is 20.7. The number of ketones is 1. The number of allylic oxidation sites excluding steroid dienone is 5. The number of aliphatic imine (C=N–C) groups is 1. The summed E-state index contributed by atoms with van der Waals surface area (Å²) in [7, 11) is 3.41. The second kappa shape index (κ2) is 19.3. The summed E-state index contributed by atoms with van der Waals surface area (Å²) < 4.78 is 6.14. The highest BCUT2D eigenvalue weighted by molar-refractivity contribution is 8.76. The molecule has 10 nitrogen and oxygen atoms in total. The van der Waals surface area contributed by atoms with Crippen molar-refractivity contribution in [3.8, 4) is 29.1 Å². The van der Waals surface area contributed by atoms with Gasteiger partial charge in [-0.15, -0.1) is 5.76 Å². The van der Waals surface area contributed by atoms with Crippen molar-refractivity contribution in [3.05, 3.63) is 123 Å². The molecular formula is C51H58N3O7S2-. The number of fused-ring (bicyclic) bond motifs is 7. The van der Waals surface area contributed by atoms with E-state index in [-0.39, 0.29) is 65.3 Å². The number of carbonyl (C=O) groups excluding carboxylic acids is 1. The second-order valence-electron chi connectivity index (χ2n) is 18.3. The van der Waals surface area contributed by atoms with Crippen LogP contribution in [-0.2, 0) is 23.4 Å². The molecule has 5 aliphatic rings. The third-order valence-electron chi connectivity index (χ3n) is 14.0. The van der Waals surface area contributed by atoms with Crippen molar-refractivity contribution in [2.75, 3.05) is 12.4 Å². The maximum atomic E-state index is 14.2. The van der Waals surface area contributed by atoms with Crippen LogP contribution < -0.4 is 21.3 Å². The highest BCUT2D eigenvalue weighted by atomic mass is 33.1. The molecule has 2 aliphatic heterocycles. The largest absolute Gasteiger partial charge is 0.875 e. The molecular weight excluding hydrogens is 831 g/mol. The first-order valence-electron chi connectivity index (χ1n) is 22.2. The number of hydrogen-bond donors (Lipinski definition) is 6. The molecule has 3 aromatic rings. The first-order chi connectivity index (χ1) is 30.3. The number of ether oxygens (including phenoxy) is 1. The van der Waals surface area contributed by atoms with Crippen molar-refractivity contribution in [2.45, 2.75) is 114 Å². The Bertz CT molecular complexity index is 2410. The van der Waals surface area contributed by atoms with Gasteiger partial charge in [-0.1, -0.05) is 70.2 Å². The van der Waals surface area contributed by atoms with Gasteiger partial charge in [-0.25, -0.2) is 0 Å². The minimum Gasteiger partial charge on any atom is -0.875 e. The Labute approximate surface area is 378 Å². The monoisotopic (exact) mass is 888 g/mol. The summed E-state index contributed by atoms with van der Waals surface area (Å²) in [6.45, 7) is 2.04. The molecule has 3 aliphatic carbocycles. The van der Waals surface area contributed by atoms with Gasteiger partial charge in [0.1, 0.15) is 5.75 Å². The van der Waals surface area contributed by atoms with Crippen LogP contribution in [0.2, 0.25) is 0 Å². The smallest absolute Gasteiger partial charge is 0.161 e. The van der Waals surface area contributed by atoms with Crippen molar-refractivity contribution in [2.24, 2.45) is 33.2 Å². The molecule has 63 heavy (non-hydrogen) atoms. The van der Waals surface area contributed by atoms with Crippen LogP contribution in [0, 0.1) is 28.6 Å². The molecule has 0 saturated heterocycles. The molecule has 0 aromatic heterocycles. The van der Waals surface area contributed by atoms with E-state index in [0.29, 0.717) is 66.0 Å². The molecule has 2 saturated carbocycles. The number of aliphatic hydroxyl groups excluding tert-OH is 2. The van der Waals surface area contributed by atoms with E-state index in [9.17, 15) is 30.3 Å². The Hall–Kier alpha value is -4.48. The zero-order valence-corrected chi connectivity index (χ0v) is 37.5. The van der Waals surface area contributed by atoms with Crippen LogP contribution >= 0.6 is 21.6 Å². The van der Waals surface area contributed by atoms with Crippen molar-refractivity contribution < 1.29 is 35.1 Å². The van der Waals surface area contributed by atoms with Gasteiger partial charge in [-0.3, -0.25) is 9.79 Å². The van der Waals surface area contributed by atoms with Crippen LogP contribution in [0.5, 0.6) is 17.2 Å². The third-order valence-corrected chi connectivity index (χ3v) is 16.5. The van der Waals surface area contributed by atoms with E-state index in [1.165, 1.54) is 0 Å². The lowest BCUT2D eigenvalue weighted by Crippen LogP contribution is -2.38. The number of hydrogen-bond acceptors (Lipinski definition) is 12. The fourth-order valence-electron chi connectivity index (χ4n) is 10.5. The molecule has 0 radical (unpaired) electrons. The van der Waals surface area contributed by atoms with Crippen LogP contribution in [0.25, 0.3) is 0 Å². The Morgan fingerprint density at radius 2 is 1.83 bits per heavy atom. The Morgan fingerprint density at radius 1 is 1.02 bits per heavy atom. The minimum atomic E-state index is -0.793. The van der Waals surface area contributed by atoms with Gasteiger partial charge in [0, 0.05) is 53.0 Å². The molecule has 6 atom stereocenters. The molecule has 6 unspecified atom stereocenters. The number of nitrogens with zero attached hydrogens (tertiary/aromatic N) is 1. The number of carbonyl (C=O) groups is 1. The quantitative estimate of drug-likeness (QED) is 0.0842.